The molecule has 1 rings (SSSR count). The number of allylic oxidation sites excluding steroid dienone is 2. The standard InChI is InChI=1S/C16H27NO2/c1-10-9-11(18)17(8)14(16(5,6)7)12(13(10)19)15(2,3)4/h10H,9H2,1-8H3. The Balaban J connectivity index is 3.65. The molecule has 1 amide bonds. The van der Waals surface area contributed by atoms with Crippen molar-refractivity contribution < 1.29 is 9.59 Å². The van der Waals surface area contributed by atoms with E-state index in [1.165, 1.54) is 0 Å². The second-order valence-electron chi connectivity index (χ2n) is 7.65. The molecule has 1 aliphatic rings. The summed E-state index contributed by atoms with van der Waals surface area (Å²) >= 11 is 0. The van der Waals surface area contributed by atoms with Gasteiger partial charge in [0.05, 0.1) is 0 Å². The molecule has 3 nitrogen and oxygen atoms in total. The van der Waals surface area contributed by atoms with Crippen LogP contribution in [0.2, 0.25) is 0 Å². The van der Waals surface area contributed by atoms with E-state index in [0.29, 0.717) is 6.42 Å². The SMILES string of the molecule is CC1CC(=O)N(C)C(C(C)(C)C)=C(C(C)(C)C)C1=O. The summed E-state index contributed by atoms with van der Waals surface area (Å²) < 4.78 is 0. The predicted molar refractivity (Wildman–Crippen MR) is 77.5 cm³/mol. The molecule has 0 aromatic carbocycles. The number of rotatable bonds is 0. The maximum atomic E-state index is 12.7. The molecule has 19 heavy (non-hydrogen) atoms. The van der Waals surface area contributed by atoms with Gasteiger partial charge in [0.1, 0.15) is 0 Å². The Morgan fingerprint density at radius 3 is 1.84 bits per heavy atom. The fraction of sp³-hybridized carbons (Fsp3) is 0.750. The first kappa shape index (κ1) is 15.9. The van der Waals surface area contributed by atoms with Crippen LogP contribution < -0.4 is 0 Å². The Hall–Kier alpha value is -1.12. The lowest BCUT2D eigenvalue weighted by molar-refractivity contribution is -0.131. The zero-order chi connectivity index (χ0) is 15.2. The number of hydrogen-bond donors (Lipinski definition) is 0. The Labute approximate surface area is 117 Å². The molecule has 1 aliphatic heterocycles. The molecule has 3 heteroatoms. The quantitative estimate of drug-likeness (QED) is 0.673. The smallest absolute Gasteiger partial charge is 0.227 e. The van der Waals surface area contributed by atoms with Crippen LogP contribution in [0.25, 0.3) is 0 Å². The molecule has 1 heterocycles. The van der Waals surface area contributed by atoms with Crippen LogP contribution in [-0.4, -0.2) is 23.6 Å². The Morgan fingerprint density at radius 2 is 1.47 bits per heavy atom. The Bertz CT molecular complexity index is 433. The van der Waals surface area contributed by atoms with Crippen LogP contribution in [-0.2, 0) is 9.59 Å². The van der Waals surface area contributed by atoms with Crippen LogP contribution in [0, 0.1) is 16.7 Å². The number of Topliss-reactive ketones (excluding diaryl/α,β-unsaturated/α-hetero) is 1. The minimum absolute atomic E-state index is 0.0324. The van der Waals surface area contributed by atoms with Gasteiger partial charge in [-0.15, -0.1) is 0 Å². The lowest BCUT2D eigenvalue weighted by Crippen LogP contribution is -2.34. The van der Waals surface area contributed by atoms with E-state index in [1.807, 2.05) is 27.7 Å². The van der Waals surface area contributed by atoms with E-state index in [1.54, 1.807) is 11.9 Å². The monoisotopic (exact) mass is 265 g/mol. The van der Waals surface area contributed by atoms with E-state index < -0.39 is 0 Å². The molecule has 0 aromatic rings. The highest BCUT2D eigenvalue weighted by Gasteiger charge is 2.40. The molecular formula is C16H27NO2. The average molecular weight is 265 g/mol. The van der Waals surface area contributed by atoms with Crippen molar-refractivity contribution in [1.29, 1.82) is 0 Å². The molecule has 0 aromatic heterocycles. The number of carbonyl (C=O) groups is 2. The van der Waals surface area contributed by atoms with Gasteiger partial charge in [-0.2, -0.15) is 0 Å². The largest absolute Gasteiger partial charge is 0.318 e. The first-order chi connectivity index (χ1) is 8.37. The van der Waals surface area contributed by atoms with Crippen molar-refractivity contribution in [3.63, 3.8) is 0 Å². The van der Waals surface area contributed by atoms with Gasteiger partial charge in [-0.3, -0.25) is 9.59 Å². The van der Waals surface area contributed by atoms with Gasteiger partial charge in [-0.05, 0) is 5.41 Å². The highest BCUT2D eigenvalue weighted by Crippen LogP contribution is 2.41. The highest BCUT2D eigenvalue weighted by atomic mass is 16.2. The first-order valence-electron chi connectivity index (χ1n) is 6.93. The second kappa shape index (κ2) is 4.77. The average Bonchev–Trinajstić information content (AvgIpc) is 2.26. The molecule has 108 valence electrons. The predicted octanol–water partition coefficient (Wildman–Crippen LogP) is 3.40. The second-order valence-corrected chi connectivity index (χ2v) is 7.65. The van der Waals surface area contributed by atoms with Gasteiger partial charge in [0.25, 0.3) is 0 Å². The molecule has 1 unspecified atom stereocenters. The molecule has 0 saturated heterocycles. The number of nitrogens with zero attached hydrogens (tertiary/aromatic N) is 1. The zero-order valence-corrected chi connectivity index (χ0v) is 13.5. The third-order valence-corrected chi connectivity index (χ3v) is 3.58. The topological polar surface area (TPSA) is 37.4 Å². The molecule has 0 N–H and O–H groups in total. The van der Waals surface area contributed by atoms with Gasteiger partial charge in [0, 0.05) is 36.1 Å². The molecule has 0 bridgehead atoms. The summed E-state index contributed by atoms with van der Waals surface area (Å²) in [6.45, 7) is 14.2. The van der Waals surface area contributed by atoms with Gasteiger partial charge in [0.15, 0.2) is 5.78 Å². The molecule has 0 fully saturated rings. The summed E-state index contributed by atoms with van der Waals surface area (Å²) in [6.07, 6.45) is 0.300. The lowest BCUT2D eigenvalue weighted by atomic mass is 9.74. The van der Waals surface area contributed by atoms with E-state index >= 15 is 0 Å². The zero-order valence-electron chi connectivity index (χ0n) is 13.5. The van der Waals surface area contributed by atoms with Gasteiger partial charge < -0.3 is 4.90 Å². The van der Waals surface area contributed by atoms with Gasteiger partial charge in [0.2, 0.25) is 5.91 Å². The van der Waals surface area contributed by atoms with Gasteiger partial charge >= 0.3 is 0 Å². The van der Waals surface area contributed by atoms with Crippen molar-refractivity contribution >= 4 is 11.7 Å². The van der Waals surface area contributed by atoms with E-state index in [9.17, 15) is 9.59 Å². The van der Waals surface area contributed by atoms with Crippen LogP contribution >= 0.6 is 0 Å². The Kier molecular flexibility index (Phi) is 4.00. The molecular weight excluding hydrogens is 238 g/mol. The molecule has 0 radical (unpaired) electrons. The first-order valence-corrected chi connectivity index (χ1v) is 6.93. The third kappa shape index (κ3) is 3.07. The summed E-state index contributed by atoms with van der Waals surface area (Å²) in [7, 11) is 1.79. The minimum Gasteiger partial charge on any atom is -0.318 e. The van der Waals surface area contributed by atoms with Crippen molar-refractivity contribution in [3.05, 3.63) is 11.3 Å². The fourth-order valence-corrected chi connectivity index (χ4v) is 2.75. The van der Waals surface area contributed by atoms with Gasteiger partial charge in [-0.1, -0.05) is 48.5 Å². The van der Waals surface area contributed by atoms with Crippen molar-refractivity contribution in [2.75, 3.05) is 7.05 Å². The number of hydrogen-bond acceptors (Lipinski definition) is 2. The summed E-state index contributed by atoms with van der Waals surface area (Å²) in [4.78, 5) is 26.6. The summed E-state index contributed by atoms with van der Waals surface area (Å²) in [5, 5.41) is 0. The molecule has 0 spiro atoms. The lowest BCUT2D eigenvalue weighted by Gasteiger charge is -2.35. The van der Waals surface area contributed by atoms with E-state index in [0.717, 1.165) is 11.3 Å². The van der Waals surface area contributed by atoms with Crippen LogP contribution in [0.4, 0.5) is 0 Å². The summed E-state index contributed by atoms with van der Waals surface area (Å²) in [5.74, 6) is -0.0795. The van der Waals surface area contributed by atoms with Crippen molar-refractivity contribution in [3.8, 4) is 0 Å². The highest BCUT2D eigenvalue weighted by molar-refractivity contribution is 6.03. The van der Waals surface area contributed by atoms with E-state index in [2.05, 4.69) is 20.8 Å². The minimum atomic E-state index is -0.257. The number of ketones is 1. The molecule has 1 atom stereocenters. The normalized spacial score (nSPS) is 22.9. The number of carbonyl (C=O) groups excluding carboxylic acids is 2. The van der Waals surface area contributed by atoms with Crippen LogP contribution in [0.3, 0.4) is 0 Å². The summed E-state index contributed by atoms with van der Waals surface area (Å²) in [6, 6.07) is 0. The number of amides is 1. The Morgan fingerprint density at radius 1 is 1.00 bits per heavy atom. The van der Waals surface area contributed by atoms with Crippen LogP contribution in [0.15, 0.2) is 11.3 Å². The van der Waals surface area contributed by atoms with Gasteiger partial charge in [-0.25, -0.2) is 0 Å². The molecule has 0 saturated carbocycles. The van der Waals surface area contributed by atoms with Crippen molar-refractivity contribution in [1.82, 2.24) is 4.90 Å². The maximum absolute atomic E-state index is 12.7. The molecule has 0 aliphatic carbocycles. The van der Waals surface area contributed by atoms with Crippen LogP contribution in [0.5, 0.6) is 0 Å². The van der Waals surface area contributed by atoms with E-state index in [4.69, 9.17) is 0 Å². The summed E-state index contributed by atoms with van der Waals surface area (Å²) in [5.41, 5.74) is 1.19. The van der Waals surface area contributed by atoms with Crippen molar-refractivity contribution in [2.45, 2.75) is 54.9 Å². The van der Waals surface area contributed by atoms with E-state index in [-0.39, 0.29) is 28.4 Å². The fourth-order valence-electron chi connectivity index (χ4n) is 2.75. The maximum Gasteiger partial charge on any atom is 0.227 e. The third-order valence-electron chi connectivity index (χ3n) is 3.58. The van der Waals surface area contributed by atoms with Crippen LogP contribution in [0.1, 0.15) is 54.9 Å². The van der Waals surface area contributed by atoms with Crippen molar-refractivity contribution in [2.24, 2.45) is 16.7 Å².